The van der Waals surface area contributed by atoms with Gasteiger partial charge in [0.1, 0.15) is 11.9 Å². The quantitative estimate of drug-likeness (QED) is 0.705. The van der Waals surface area contributed by atoms with Crippen molar-refractivity contribution >= 4 is 23.5 Å². The van der Waals surface area contributed by atoms with Crippen LogP contribution in [0.1, 0.15) is 24.1 Å². The minimum atomic E-state index is -0.503. The van der Waals surface area contributed by atoms with Crippen molar-refractivity contribution in [2.24, 2.45) is 0 Å². The summed E-state index contributed by atoms with van der Waals surface area (Å²) in [7, 11) is 0. The van der Waals surface area contributed by atoms with E-state index in [1.165, 1.54) is 12.1 Å². The Labute approximate surface area is 165 Å². The molecule has 0 radical (unpaired) electrons. The first-order valence-electron chi connectivity index (χ1n) is 8.56. The van der Waals surface area contributed by atoms with Crippen molar-refractivity contribution in [3.05, 3.63) is 81.8 Å². The maximum absolute atomic E-state index is 13.1. The highest BCUT2D eigenvalue weighted by Gasteiger charge is 2.33. The fourth-order valence-electron chi connectivity index (χ4n) is 3.14. The minimum Gasteiger partial charge on any atom is -0.348 e. The number of amides is 1. The molecule has 0 fully saturated rings. The van der Waals surface area contributed by atoms with Crippen molar-refractivity contribution in [2.45, 2.75) is 19.5 Å². The highest BCUT2D eigenvalue weighted by Crippen LogP contribution is 2.34. The topological polar surface area (TPSA) is 84.7 Å². The first-order valence-corrected chi connectivity index (χ1v) is 8.94. The van der Waals surface area contributed by atoms with E-state index in [-0.39, 0.29) is 18.3 Å². The molecule has 2 N–H and O–H groups in total. The summed E-state index contributed by atoms with van der Waals surface area (Å²) >= 11 is 6.01. The molecule has 4 rings (SSSR count). The third-order valence-corrected chi connectivity index (χ3v) is 4.76. The first kappa shape index (κ1) is 18.1. The summed E-state index contributed by atoms with van der Waals surface area (Å²) in [6.07, 6.45) is 0. The second-order valence-electron chi connectivity index (χ2n) is 6.37. The van der Waals surface area contributed by atoms with E-state index in [0.29, 0.717) is 22.2 Å². The molecule has 1 aromatic heterocycles. The molecule has 1 aliphatic heterocycles. The Morgan fingerprint density at radius 1 is 1.21 bits per heavy atom. The first-order chi connectivity index (χ1) is 13.5. The van der Waals surface area contributed by atoms with Gasteiger partial charge in [0, 0.05) is 17.3 Å². The number of benzene rings is 2. The normalized spacial score (nSPS) is 15.8. The Kier molecular flexibility index (Phi) is 4.79. The Bertz CT molecular complexity index is 1050. The van der Waals surface area contributed by atoms with Gasteiger partial charge in [0.15, 0.2) is 0 Å². The van der Waals surface area contributed by atoms with Gasteiger partial charge in [0.05, 0.1) is 5.57 Å². The van der Waals surface area contributed by atoms with Gasteiger partial charge < -0.3 is 10.6 Å². The second kappa shape index (κ2) is 7.40. The van der Waals surface area contributed by atoms with Crippen LogP contribution in [-0.2, 0) is 11.3 Å². The number of carbonyl (C=O) groups is 1. The summed E-state index contributed by atoms with van der Waals surface area (Å²) in [5.74, 6) is -0.137. The van der Waals surface area contributed by atoms with Gasteiger partial charge in [-0.05, 0) is 52.7 Å². The lowest BCUT2D eigenvalue weighted by atomic mass is 9.95. The molecule has 1 aliphatic rings. The Balaban J connectivity index is 1.65. The molecule has 0 bridgehead atoms. The van der Waals surface area contributed by atoms with Crippen LogP contribution in [0.5, 0.6) is 0 Å². The van der Waals surface area contributed by atoms with Gasteiger partial charge in [-0.2, -0.15) is 4.68 Å². The number of hydrogen-bond donors (Lipinski definition) is 2. The standard InChI is InChI=1S/C19H16ClFN6O/c1-11-16(18(28)22-10-12-2-8-15(21)9-3-12)17(13-4-6-14(20)7-5-13)27-19(23-11)24-25-26-27/h2-9,17H,10H2,1H3,(H,22,28)(H,23,24,26). The summed E-state index contributed by atoms with van der Waals surface area (Å²) < 4.78 is 14.6. The molecule has 2 heterocycles. The van der Waals surface area contributed by atoms with Gasteiger partial charge in [-0.15, -0.1) is 0 Å². The molecule has 1 amide bonds. The van der Waals surface area contributed by atoms with Gasteiger partial charge in [-0.1, -0.05) is 41.0 Å². The Morgan fingerprint density at radius 3 is 2.64 bits per heavy atom. The summed E-state index contributed by atoms with van der Waals surface area (Å²) in [5, 5.41) is 18.2. The maximum Gasteiger partial charge on any atom is 0.251 e. The van der Waals surface area contributed by atoms with Crippen LogP contribution in [0, 0.1) is 5.82 Å². The summed E-state index contributed by atoms with van der Waals surface area (Å²) in [6, 6.07) is 12.7. The highest BCUT2D eigenvalue weighted by atomic mass is 35.5. The van der Waals surface area contributed by atoms with E-state index < -0.39 is 6.04 Å². The predicted octanol–water partition coefficient (Wildman–Crippen LogP) is 3.07. The third kappa shape index (κ3) is 3.46. The fraction of sp³-hybridized carbons (Fsp3) is 0.158. The number of nitrogens with one attached hydrogen (secondary N) is 2. The average Bonchev–Trinajstić information content (AvgIpc) is 3.15. The van der Waals surface area contributed by atoms with Gasteiger partial charge in [0.2, 0.25) is 5.95 Å². The van der Waals surface area contributed by atoms with Crippen molar-refractivity contribution in [1.82, 2.24) is 25.5 Å². The van der Waals surface area contributed by atoms with E-state index in [2.05, 4.69) is 26.2 Å². The number of hydrogen-bond acceptors (Lipinski definition) is 5. The summed E-state index contributed by atoms with van der Waals surface area (Å²) in [5.41, 5.74) is 2.76. The van der Waals surface area contributed by atoms with Crippen LogP contribution in [0.15, 0.2) is 59.8 Å². The van der Waals surface area contributed by atoms with Crippen molar-refractivity contribution in [3.8, 4) is 0 Å². The summed E-state index contributed by atoms with van der Waals surface area (Å²) in [6.45, 7) is 2.07. The number of allylic oxidation sites excluding steroid dienone is 1. The van der Waals surface area contributed by atoms with Crippen LogP contribution in [0.4, 0.5) is 10.3 Å². The van der Waals surface area contributed by atoms with Crippen LogP contribution in [-0.4, -0.2) is 26.1 Å². The molecule has 2 aromatic carbocycles. The number of fused-ring (bicyclic) bond motifs is 1. The zero-order valence-electron chi connectivity index (χ0n) is 14.9. The second-order valence-corrected chi connectivity index (χ2v) is 6.81. The summed E-state index contributed by atoms with van der Waals surface area (Å²) in [4.78, 5) is 13.0. The maximum atomic E-state index is 13.1. The lowest BCUT2D eigenvalue weighted by Gasteiger charge is -2.28. The zero-order valence-corrected chi connectivity index (χ0v) is 15.6. The fourth-order valence-corrected chi connectivity index (χ4v) is 3.27. The van der Waals surface area contributed by atoms with Crippen LogP contribution in [0.2, 0.25) is 5.02 Å². The number of tetrazole rings is 1. The number of nitrogens with zero attached hydrogens (tertiary/aromatic N) is 4. The largest absolute Gasteiger partial charge is 0.348 e. The van der Waals surface area contributed by atoms with Gasteiger partial charge >= 0.3 is 0 Å². The molecule has 7 nitrogen and oxygen atoms in total. The molecule has 1 unspecified atom stereocenters. The van der Waals surface area contributed by atoms with Crippen LogP contribution in [0.25, 0.3) is 0 Å². The van der Waals surface area contributed by atoms with Gasteiger partial charge in [0.25, 0.3) is 5.91 Å². The molecule has 9 heteroatoms. The highest BCUT2D eigenvalue weighted by molar-refractivity contribution is 6.30. The van der Waals surface area contributed by atoms with E-state index in [1.807, 2.05) is 12.1 Å². The number of rotatable bonds is 4. The molecule has 142 valence electrons. The monoisotopic (exact) mass is 398 g/mol. The van der Waals surface area contributed by atoms with E-state index in [4.69, 9.17) is 11.6 Å². The minimum absolute atomic E-state index is 0.268. The molecule has 0 spiro atoms. The third-order valence-electron chi connectivity index (χ3n) is 4.51. The van der Waals surface area contributed by atoms with E-state index >= 15 is 0 Å². The molecule has 0 aliphatic carbocycles. The van der Waals surface area contributed by atoms with E-state index in [0.717, 1.165) is 11.1 Å². The Hall–Kier alpha value is -3.26. The smallest absolute Gasteiger partial charge is 0.251 e. The van der Waals surface area contributed by atoms with Gasteiger partial charge in [-0.25, -0.2) is 4.39 Å². The molecular formula is C19H16ClFN6O. The molecule has 0 saturated carbocycles. The van der Waals surface area contributed by atoms with E-state index in [9.17, 15) is 9.18 Å². The van der Waals surface area contributed by atoms with Crippen molar-refractivity contribution in [2.75, 3.05) is 5.32 Å². The average molecular weight is 399 g/mol. The Morgan fingerprint density at radius 2 is 1.93 bits per heavy atom. The van der Waals surface area contributed by atoms with Gasteiger partial charge in [-0.3, -0.25) is 4.79 Å². The van der Waals surface area contributed by atoms with Crippen LogP contribution < -0.4 is 10.6 Å². The van der Waals surface area contributed by atoms with Crippen LogP contribution >= 0.6 is 11.6 Å². The zero-order chi connectivity index (χ0) is 19.7. The van der Waals surface area contributed by atoms with Crippen LogP contribution in [0.3, 0.4) is 0 Å². The van der Waals surface area contributed by atoms with Crippen molar-refractivity contribution in [3.63, 3.8) is 0 Å². The number of carbonyl (C=O) groups excluding carboxylic acids is 1. The number of anilines is 1. The SMILES string of the molecule is CC1=C(C(=O)NCc2ccc(F)cc2)C(c2ccc(Cl)cc2)n2nnnc2N1. The molecular weight excluding hydrogens is 383 g/mol. The number of halogens is 2. The van der Waals surface area contributed by atoms with E-state index in [1.54, 1.807) is 35.9 Å². The molecule has 3 aromatic rings. The predicted molar refractivity (Wildman–Crippen MR) is 102 cm³/mol. The molecule has 1 atom stereocenters. The lowest BCUT2D eigenvalue weighted by Crippen LogP contribution is -2.34. The lowest BCUT2D eigenvalue weighted by molar-refractivity contribution is -0.118. The molecule has 28 heavy (non-hydrogen) atoms. The van der Waals surface area contributed by atoms with Crippen molar-refractivity contribution < 1.29 is 9.18 Å². The molecule has 0 saturated heterocycles. The number of aromatic nitrogens is 4. The van der Waals surface area contributed by atoms with Crippen molar-refractivity contribution in [1.29, 1.82) is 0 Å².